The van der Waals surface area contributed by atoms with Crippen LogP contribution in [0.2, 0.25) is 0 Å². The number of hydrogen-bond acceptors (Lipinski definition) is 4. The molecular formula is C24H31N3O2. The van der Waals surface area contributed by atoms with Crippen molar-refractivity contribution in [3.05, 3.63) is 65.7 Å². The molecule has 0 bridgehead atoms. The van der Waals surface area contributed by atoms with Gasteiger partial charge in [-0.2, -0.15) is 0 Å². The van der Waals surface area contributed by atoms with Crippen LogP contribution in [0.5, 0.6) is 0 Å². The van der Waals surface area contributed by atoms with E-state index in [4.69, 9.17) is 0 Å². The lowest BCUT2D eigenvalue weighted by Crippen LogP contribution is -2.52. The lowest BCUT2D eigenvalue weighted by molar-refractivity contribution is -0.137. The molecule has 1 aliphatic rings. The van der Waals surface area contributed by atoms with E-state index in [1.165, 1.54) is 0 Å². The van der Waals surface area contributed by atoms with Crippen LogP contribution < -0.4 is 4.90 Å². The summed E-state index contributed by atoms with van der Waals surface area (Å²) in [5.74, 6) is 0.266. The van der Waals surface area contributed by atoms with Crippen molar-refractivity contribution in [1.29, 1.82) is 0 Å². The monoisotopic (exact) mass is 393 g/mol. The molecule has 0 saturated carbocycles. The summed E-state index contributed by atoms with van der Waals surface area (Å²) in [6.45, 7) is 10.5. The highest BCUT2D eigenvalue weighted by atomic mass is 16.2. The number of hydrogen-bond donors (Lipinski definition) is 0. The van der Waals surface area contributed by atoms with Crippen molar-refractivity contribution in [3.8, 4) is 0 Å². The van der Waals surface area contributed by atoms with E-state index in [1.807, 2.05) is 59.5 Å². The van der Waals surface area contributed by atoms with Crippen LogP contribution in [-0.2, 0) is 4.79 Å². The average molecular weight is 394 g/mol. The Morgan fingerprint density at radius 3 is 2.00 bits per heavy atom. The maximum absolute atomic E-state index is 13.4. The maximum atomic E-state index is 13.4. The number of Topliss-reactive ketones (excluding diaryl/α,β-unsaturated/α-hetero) is 1. The summed E-state index contributed by atoms with van der Waals surface area (Å²) < 4.78 is 0. The van der Waals surface area contributed by atoms with Gasteiger partial charge in [0.25, 0.3) is 0 Å². The van der Waals surface area contributed by atoms with Gasteiger partial charge in [0.1, 0.15) is 6.04 Å². The highest BCUT2D eigenvalue weighted by Gasteiger charge is 2.31. The standard InChI is InChI=1S/C24H31N3O2/c1-4-25(5-2)23(21-9-7-6-8-10-21)24(29)27-17-15-26(16-18-27)22-13-11-20(12-14-22)19(3)28/h6-14,23H,4-5,15-18H2,1-3H3. The van der Waals surface area contributed by atoms with E-state index in [0.717, 1.165) is 43.0 Å². The fourth-order valence-electron chi connectivity index (χ4n) is 4.00. The summed E-state index contributed by atoms with van der Waals surface area (Å²) in [6.07, 6.45) is 0. The summed E-state index contributed by atoms with van der Waals surface area (Å²) in [4.78, 5) is 31.4. The van der Waals surface area contributed by atoms with E-state index in [2.05, 4.69) is 23.6 Å². The van der Waals surface area contributed by atoms with Gasteiger partial charge in [-0.25, -0.2) is 0 Å². The molecule has 0 aromatic heterocycles. The fraction of sp³-hybridized carbons (Fsp3) is 0.417. The Bertz CT molecular complexity index is 808. The van der Waals surface area contributed by atoms with E-state index >= 15 is 0 Å². The second-order valence-corrected chi connectivity index (χ2v) is 7.45. The van der Waals surface area contributed by atoms with Crippen molar-refractivity contribution in [2.75, 3.05) is 44.2 Å². The van der Waals surface area contributed by atoms with Crippen LogP contribution >= 0.6 is 0 Å². The third kappa shape index (κ3) is 4.85. The first-order valence-corrected chi connectivity index (χ1v) is 10.5. The van der Waals surface area contributed by atoms with Gasteiger partial charge in [-0.1, -0.05) is 44.2 Å². The molecule has 1 aliphatic heterocycles. The highest BCUT2D eigenvalue weighted by Crippen LogP contribution is 2.25. The van der Waals surface area contributed by atoms with Crippen molar-refractivity contribution >= 4 is 17.4 Å². The van der Waals surface area contributed by atoms with Crippen LogP contribution in [0, 0.1) is 0 Å². The Morgan fingerprint density at radius 1 is 0.897 bits per heavy atom. The molecule has 3 rings (SSSR count). The van der Waals surface area contributed by atoms with E-state index in [1.54, 1.807) is 6.92 Å². The lowest BCUT2D eigenvalue weighted by atomic mass is 10.0. The smallest absolute Gasteiger partial charge is 0.244 e. The van der Waals surface area contributed by atoms with Gasteiger partial charge in [-0.05, 0) is 49.8 Å². The Balaban J connectivity index is 1.69. The number of likely N-dealkylation sites (N-methyl/N-ethyl adjacent to an activating group) is 1. The second-order valence-electron chi connectivity index (χ2n) is 7.45. The molecule has 0 aliphatic carbocycles. The molecule has 1 saturated heterocycles. The molecule has 0 radical (unpaired) electrons. The first-order chi connectivity index (χ1) is 14.0. The summed E-state index contributed by atoms with van der Waals surface area (Å²) in [7, 11) is 0. The minimum absolute atomic E-state index is 0.0790. The van der Waals surface area contributed by atoms with Gasteiger partial charge in [0.05, 0.1) is 0 Å². The number of nitrogens with zero attached hydrogens (tertiary/aromatic N) is 3. The average Bonchev–Trinajstić information content (AvgIpc) is 2.77. The largest absolute Gasteiger partial charge is 0.368 e. The fourth-order valence-corrected chi connectivity index (χ4v) is 4.00. The molecule has 0 N–H and O–H groups in total. The molecule has 154 valence electrons. The molecule has 2 aromatic carbocycles. The van der Waals surface area contributed by atoms with Crippen LogP contribution in [0.25, 0.3) is 0 Å². The van der Waals surface area contributed by atoms with Gasteiger partial charge in [-0.3, -0.25) is 14.5 Å². The van der Waals surface area contributed by atoms with E-state index in [9.17, 15) is 9.59 Å². The van der Waals surface area contributed by atoms with Gasteiger partial charge < -0.3 is 9.80 Å². The lowest BCUT2D eigenvalue weighted by Gasteiger charge is -2.39. The number of carbonyl (C=O) groups is 2. The quantitative estimate of drug-likeness (QED) is 0.674. The van der Waals surface area contributed by atoms with Crippen LogP contribution in [0.3, 0.4) is 0 Å². The zero-order valence-electron chi connectivity index (χ0n) is 17.7. The van der Waals surface area contributed by atoms with Crippen molar-refractivity contribution in [2.45, 2.75) is 26.8 Å². The number of benzene rings is 2. The number of anilines is 1. The first-order valence-electron chi connectivity index (χ1n) is 10.5. The van der Waals surface area contributed by atoms with E-state index < -0.39 is 0 Å². The van der Waals surface area contributed by atoms with Crippen LogP contribution in [0.15, 0.2) is 54.6 Å². The summed E-state index contributed by atoms with van der Waals surface area (Å²) in [6, 6.07) is 17.6. The van der Waals surface area contributed by atoms with Gasteiger partial charge in [0.2, 0.25) is 5.91 Å². The topological polar surface area (TPSA) is 43.9 Å². The molecule has 5 nitrogen and oxygen atoms in total. The number of piperazine rings is 1. The predicted octanol–water partition coefficient (Wildman–Crippen LogP) is 3.62. The van der Waals surface area contributed by atoms with Gasteiger partial charge >= 0.3 is 0 Å². The van der Waals surface area contributed by atoms with E-state index in [-0.39, 0.29) is 17.7 Å². The summed E-state index contributed by atoms with van der Waals surface area (Å²) >= 11 is 0. The van der Waals surface area contributed by atoms with Crippen molar-refractivity contribution in [1.82, 2.24) is 9.80 Å². The maximum Gasteiger partial charge on any atom is 0.244 e. The van der Waals surface area contributed by atoms with Crippen LogP contribution in [-0.4, -0.2) is 60.8 Å². The number of amides is 1. The highest BCUT2D eigenvalue weighted by molar-refractivity contribution is 5.94. The zero-order chi connectivity index (χ0) is 20.8. The van der Waals surface area contributed by atoms with Crippen molar-refractivity contribution in [2.24, 2.45) is 0 Å². The normalized spacial score (nSPS) is 15.4. The Morgan fingerprint density at radius 2 is 1.48 bits per heavy atom. The van der Waals surface area contributed by atoms with Gasteiger partial charge in [-0.15, -0.1) is 0 Å². The van der Waals surface area contributed by atoms with Crippen LogP contribution in [0.1, 0.15) is 42.7 Å². The SMILES string of the molecule is CCN(CC)C(C(=O)N1CCN(c2ccc(C(C)=O)cc2)CC1)c1ccccc1. The summed E-state index contributed by atoms with van der Waals surface area (Å²) in [5, 5.41) is 0. The number of rotatable bonds is 7. The van der Waals surface area contributed by atoms with E-state index in [0.29, 0.717) is 13.1 Å². The molecule has 5 heteroatoms. The molecule has 1 amide bonds. The minimum Gasteiger partial charge on any atom is -0.368 e. The minimum atomic E-state index is -0.229. The zero-order valence-corrected chi connectivity index (χ0v) is 17.7. The van der Waals surface area contributed by atoms with Crippen LogP contribution in [0.4, 0.5) is 5.69 Å². The molecule has 1 atom stereocenters. The molecule has 1 unspecified atom stereocenters. The van der Waals surface area contributed by atoms with Crippen molar-refractivity contribution < 1.29 is 9.59 Å². The predicted molar refractivity (Wildman–Crippen MR) is 117 cm³/mol. The molecule has 29 heavy (non-hydrogen) atoms. The molecule has 2 aromatic rings. The second kappa shape index (κ2) is 9.70. The molecule has 0 spiro atoms. The van der Waals surface area contributed by atoms with Gasteiger partial charge in [0, 0.05) is 37.4 Å². The third-order valence-corrected chi connectivity index (χ3v) is 5.76. The Hall–Kier alpha value is -2.66. The Labute approximate surface area is 173 Å². The Kier molecular flexibility index (Phi) is 7.04. The summed E-state index contributed by atoms with van der Waals surface area (Å²) in [5.41, 5.74) is 2.89. The molecule has 1 fully saturated rings. The number of carbonyl (C=O) groups excluding carboxylic acids is 2. The van der Waals surface area contributed by atoms with Gasteiger partial charge in [0.15, 0.2) is 5.78 Å². The van der Waals surface area contributed by atoms with Crippen molar-refractivity contribution in [3.63, 3.8) is 0 Å². The third-order valence-electron chi connectivity index (χ3n) is 5.76. The molecule has 1 heterocycles. The molecular weight excluding hydrogens is 362 g/mol. The first kappa shape index (κ1) is 21.1. The number of ketones is 1.